The van der Waals surface area contributed by atoms with Gasteiger partial charge in [0.15, 0.2) is 0 Å². The van der Waals surface area contributed by atoms with Crippen LogP contribution in [0.15, 0.2) is 0 Å². The molecule has 1 unspecified atom stereocenters. The molecule has 0 spiro atoms. The largest absolute Gasteiger partial charge is 0.314 e. The third kappa shape index (κ3) is 1.49. The second-order valence-corrected chi connectivity index (χ2v) is 4.18. The molecule has 0 radical (unpaired) electrons. The van der Waals surface area contributed by atoms with Gasteiger partial charge in [-0.3, -0.25) is 4.90 Å². The lowest BCUT2D eigenvalue weighted by Crippen LogP contribution is -2.58. The minimum Gasteiger partial charge on any atom is -0.314 e. The molecule has 12 heavy (non-hydrogen) atoms. The van der Waals surface area contributed by atoms with E-state index in [1.807, 2.05) is 0 Å². The zero-order valence-electron chi connectivity index (χ0n) is 8.08. The van der Waals surface area contributed by atoms with Gasteiger partial charge in [0, 0.05) is 31.7 Å². The first-order chi connectivity index (χ1) is 5.77. The second kappa shape index (κ2) is 3.32. The van der Waals surface area contributed by atoms with Crippen molar-refractivity contribution in [2.75, 3.05) is 40.3 Å². The molecule has 2 heterocycles. The Labute approximate surface area is 74.7 Å². The van der Waals surface area contributed by atoms with E-state index in [1.165, 1.54) is 32.6 Å². The fourth-order valence-electron chi connectivity index (χ4n) is 2.10. The van der Waals surface area contributed by atoms with Crippen LogP contribution in [0.2, 0.25) is 0 Å². The van der Waals surface area contributed by atoms with E-state index in [4.69, 9.17) is 0 Å². The quantitative estimate of drug-likeness (QED) is 0.606. The summed E-state index contributed by atoms with van der Waals surface area (Å²) in [6.07, 6.45) is 1.35. The smallest absolute Gasteiger partial charge is 0.0345 e. The van der Waals surface area contributed by atoms with Gasteiger partial charge in [0.25, 0.3) is 0 Å². The molecule has 0 bridgehead atoms. The minimum absolute atomic E-state index is 0.807. The normalized spacial score (nSPS) is 32.8. The van der Waals surface area contributed by atoms with Gasteiger partial charge < -0.3 is 10.2 Å². The number of nitrogens with zero attached hydrogens (tertiary/aromatic N) is 2. The van der Waals surface area contributed by atoms with Gasteiger partial charge >= 0.3 is 0 Å². The van der Waals surface area contributed by atoms with Crippen LogP contribution in [0.4, 0.5) is 0 Å². The lowest BCUT2D eigenvalue weighted by Gasteiger charge is -2.39. The van der Waals surface area contributed by atoms with Crippen LogP contribution >= 0.6 is 0 Å². The molecule has 2 aliphatic heterocycles. The van der Waals surface area contributed by atoms with Gasteiger partial charge in [-0.25, -0.2) is 0 Å². The van der Waals surface area contributed by atoms with Gasteiger partial charge in [-0.1, -0.05) is 0 Å². The van der Waals surface area contributed by atoms with Crippen LogP contribution < -0.4 is 5.32 Å². The Morgan fingerprint density at radius 3 is 2.50 bits per heavy atom. The highest BCUT2D eigenvalue weighted by atomic mass is 15.3. The highest BCUT2D eigenvalue weighted by Crippen LogP contribution is 2.16. The van der Waals surface area contributed by atoms with Gasteiger partial charge in [-0.2, -0.15) is 0 Å². The molecule has 0 saturated carbocycles. The molecule has 0 aromatic rings. The summed E-state index contributed by atoms with van der Waals surface area (Å²) in [7, 11) is 4.49. The molecular weight excluding hydrogens is 150 g/mol. The number of likely N-dealkylation sites (N-methyl/N-ethyl adjacent to an activating group) is 2. The van der Waals surface area contributed by atoms with Crippen molar-refractivity contribution in [3.05, 3.63) is 0 Å². The van der Waals surface area contributed by atoms with E-state index in [0.717, 1.165) is 12.1 Å². The lowest BCUT2D eigenvalue weighted by molar-refractivity contribution is 0.130. The van der Waals surface area contributed by atoms with Gasteiger partial charge in [-0.15, -0.1) is 0 Å². The molecule has 3 nitrogen and oxygen atoms in total. The maximum absolute atomic E-state index is 3.32. The van der Waals surface area contributed by atoms with Crippen molar-refractivity contribution in [2.24, 2.45) is 0 Å². The van der Waals surface area contributed by atoms with Crippen LogP contribution in [-0.4, -0.2) is 62.2 Å². The van der Waals surface area contributed by atoms with Crippen LogP contribution in [0.25, 0.3) is 0 Å². The van der Waals surface area contributed by atoms with E-state index in [-0.39, 0.29) is 0 Å². The monoisotopic (exact) mass is 169 g/mol. The summed E-state index contributed by atoms with van der Waals surface area (Å²) in [4.78, 5) is 4.98. The Balaban J connectivity index is 1.83. The Kier molecular flexibility index (Phi) is 2.35. The van der Waals surface area contributed by atoms with E-state index in [9.17, 15) is 0 Å². The highest BCUT2D eigenvalue weighted by molar-refractivity contribution is 4.89. The summed E-state index contributed by atoms with van der Waals surface area (Å²) < 4.78 is 0. The maximum atomic E-state index is 3.32. The Hall–Kier alpha value is -0.120. The molecule has 0 aliphatic carbocycles. The van der Waals surface area contributed by atoms with E-state index >= 15 is 0 Å². The predicted molar refractivity (Wildman–Crippen MR) is 50.3 cm³/mol. The average Bonchev–Trinajstić information content (AvgIpc) is 2.31. The van der Waals surface area contributed by atoms with Crippen LogP contribution in [0.5, 0.6) is 0 Å². The molecule has 2 rings (SSSR count). The zero-order chi connectivity index (χ0) is 8.55. The van der Waals surface area contributed by atoms with E-state index in [1.54, 1.807) is 0 Å². The summed E-state index contributed by atoms with van der Waals surface area (Å²) in [5.74, 6) is 0. The molecule has 70 valence electrons. The van der Waals surface area contributed by atoms with Crippen molar-refractivity contribution in [1.29, 1.82) is 0 Å². The van der Waals surface area contributed by atoms with Gasteiger partial charge in [0.05, 0.1) is 0 Å². The summed E-state index contributed by atoms with van der Waals surface area (Å²) >= 11 is 0. The molecule has 2 fully saturated rings. The Bertz CT molecular complexity index is 156. The molecule has 2 saturated heterocycles. The fourth-order valence-corrected chi connectivity index (χ4v) is 2.10. The number of nitrogens with one attached hydrogen (secondary N) is 1. The molecular formula is C9H19N3. The molecule has 3 heteroatoms. The van der Waals surface area contributed by atoms with Crippen molar-refractivity contribution in [2.45, 2.75) is 18.5 Å². The number of rotatable bonds is 2. The standard InChI is InChI=1S/C9H19N3/c1-11-4-3-8(7-11)12(2)9-5-10-6-9/h8-10H,3-7H2,1-2H3. The molecule has 0 aromatic heterocycles. The molecule has 0 aromatic carbocycles. The SMILES string of the molecule is CN1CCC(N(C)C2CNC2)C1. The average molecular weight is 169 g/mol. The predicted octanol–water partition coefficient (Wildman–Crippen LogP) is -0.406. The maximum Gasteiger partial charge on any atom is 0.0345 e. The molecule has 1 N–H and O–H groups in total. The molecule has 0 amide bonds. The van der Waals surface area contributed by atoms with E-state index in [0.29, 0.717) is 0 Å². The van der Waals surface area contributed by atoms with Crippen LogP contribution in [-0.2, 0) is 0 Å². The first-order valence-corrected chi connectivity index (χ1v) is 4.88. The highest BCUT2D eigenvalue weighted by Gasteiger charge is 2.30. The summed E-state index contributed by atoms with van der Waals surface area (Å²) in [5.41, 5.74) is 0. The van der Waals surface area contributed by atoms with Crippen molar-refractivity contribution in [3.63, 3.8) is 0 Å². The summed E-state index contributed by atoms with van der Waals surface area (Å²) in [6, 6.07) is 1.61. The Morgan fingerprint density at radius 2 is 2.08 bits per heavy atom. The minimum atomic E-state index is 0.807. The number of hydrogen-bond acceptors (Lipinski definition) is 3. The van der Waals surface area contributed by atoms with Gasteiger partial charge in [-0.05, 0) is 27.1 Å². The first-order valence-electron chi connectivity index (χ1n) is 4.88. The molecule has 2 aliphatic rings. The van der Waals surface area contributed by atoms with Crippen molar-refractivity contribution < 1.29 is 0 Å². The lowest BCUT2D eigenvalue weighted by atomic mass is 10.1. The topological polar surface area (TPSA) is 18.5 Å². The van der Waals surface area contributed by atoms with Crippen molar-refractivity contribution in [1.82, 2.24) is 15.1 Å². The fraction of sp³-hybridized carbons (Fsp3) is 1.00. The number of likely N-dealkylation sites (tertiary alicyclic amines) is 1. The van der Waals surface area contributed by atoms with Crippen LogP contribution in [0.3, 0.4) is 0 Å². The summed E-state index contributed by atoms with van der Waals surface area (Å²) in [6.45, 7) is 4.91. The van der Waals surface area contributed by atoms with Crippen molar-refractivity contribution in [3.8, 4) is 0 Å². The van der Waals surface area contributed by atoms with E-state index in [2.05, 4.69) is 29.2 Å². The first kappa shape index (κ1) is 8.48. The molecule has 1 atom stereocenters. The number of hydrogen-bond donors (Lipinski definition) is 1. The zero-order valence-corrected chi connectivity index (χ0v) is 8.08. The second-order valence-electron chi connectivity index (χ2n) is 4.18. The van der Waals surface area contributed by atoms with Gasteiger partial charge in [0.2, 0.25) is 0 Å². The Morgan fingerprint density at radius 1 is 1.33 bits per heavy atom. The van der Waals surface area contributed by atoms with Crippen molar-refractivity contribution >= 4 is 0 Å². The van der Waals surface area contributed by atoms with Gasteiger partial charge in [0.1, 0.15) is 0 Å². The van der Waals surface area contributed by atoms with E-state index < -0.39 is 0 Å². The third-order valence-electron chi connectivity index (χ3n) is 3.28. The summed E-state index contributed by atoms with van der Waals surface area (Å²) in [5, 5.41) is 3.32. The third-order valence-corrected chi connectivity index (χ3v) is 3.28. The van der Waals surface area contributed by atoms with Crippen LogP contribution in [0, 0.1) is 0 Å². The van der Waals surface area contributed by atoms with Crippen LogP contribution in [0.1, 0.15) is 6.42 Å².